The van der Waals surface area contributed by atoms with Gasteiger partial charge < -0.3 is 9.72 Å². The van der Waals surface area contributed by atoms with Crippen LogP contribution in [-0.4, -0.2) is 22.5 Å². The van der Waals surface area contributed by atoms with Crippen molar-refractivity contribution in [2.75, 3.05) is 6.61 Å². The number of nitrogens with zero attached hydrogens (tertiary/aromatic N) is 1. The van der Waals surface area contributed by atoms with Crippen LogP contribution in [0.4, 0.5) is 5.69 Å². The van der Waals surface area contributed by atoms with Gasteiger partial charge in [0.1, 0.15) is 0 Å². The molecule has 0 aliphatic rings. The van der Waals surface area contributed by atoms with Crippen LogP contribution in [0.3, 0.4) is 0 Å². The number of ether oxygens (including phenoxy) is 1. The summed E-state index contributed by atoms with van der Waals surface area (Å²) in [4.78, 5) is 24.7. The largest absolute Gasteiger partial charge is 0.462 e. The maximum atomic E-state index is 11.7. The number of hydrogen-bond acceptors (Lipinski definition) is 4. The van der Waals surface area contributed by atoms with Crippen LogP contribution in [0, 0.1) is 10.1 Å². The number of aromatic nitrogens is 1. The van der Waals surface area contributed by atoms with Gasteiger partial charge in [0, 0.05) is 23.7 Å². The Morgan fingerprint density at radius 1 is 1.53 bits per heavy atom. The molecule has 0 bridgehead atoms. The molecular formula is C11H10N2O4. The summed E-state index contributed by atoms with van der Waals surface area (Å²) in [6.45, 7) is 1.91. The molecule has 0 radical (unpaired) electrons. The number of carbonyl (C=O) groups excluding carboxylic acids is 1. The summed E-state index contributed by atoms with van der Waals surface area (Å²) in [5.41, 5.74) is 0.613. The van der Waals surface area contributed by atoms with E-state index in [4.69, 9.17) is 4.74 Å². The van der Waals surface area contributed by atoms with Gasteiger partial charge in [0.25, 0.3) is 5.69 Å². The smallest absolute Gasteiger partial charge is 0.339 e. The summed E-state index contributed by atoms with van der Waals surface area (Å²) in [7, 11) is 0. The molecule has 1 heterocycles. The molecule has 6 nitrogen and oxygen atoms in total. The number of carbonyl (C=O) groups is 1. The zero-order valence-electron chi connectivity index (χ0n) is 9.10. The van der Waals surface area contributed by atoms with Gasteiger partial charge in [-0.1, -0.05) is 0 Å². The molecular weight excluding hydrogens is 224 g/mol. The Bertz CT molecular complexity index is 588. The average Bonchev–Trinajstić information content (AvgIpc) is 2.75. The van der Waals surface area contributed by atoms with Crippen molar-refractivity contribution in [3.05, 3.63) is 40.1 Å². The lowest BCUT2D eigenvalue weighted by Crippen LogP contribution is -2.05. The predicted octanol–water partition coefficient (Wildman–Crippen LogP) is 2.25. The number of non-ortho nitro benzene ring substituents is 1. The van der Waals surface area contributed by atoms with Gasteiger partial charge in [-0.05, 0) is 13.0 Å². The number of rotatable bonds is 3. The topological polar surface area (TPSA) is 85.2 Å². The lowest BCUT2D eigenvalue weighted by atomic mass is 10.1. The molecule has 0 saturated carbocycles. The number of nitrogens with one attached hydrogen (secondary N) is 1. The van der Waals surface area contributed by atoms with E-state index in [2.05, 4.69) is 4.98 Å². The molecule has 0 spiro atoms. The highest BCUT2D eigenvalue weighted by atomic mass is 16.6. The fraction of sp³-hybridized carbons (Fsp3) is 0.182. The van der Waals surface area contributed by atoms with Crippen molar-refractivity contribution in [2.24, 2.45) is 0 Å². The second kappa shape index (κ2) is 4.25. The zero-order chi connectivity index (χ0) is 12.4. The average molecular weight is 234 g/mol. The number of aromatic amines is 1. The number of H-pyrrole nitrogens is 1. The van der Waals surface area contributed by atoms with Crippen molar-refractivity contribution in [3.8, 4) is 0 Å². The quantitative estimate of drug-likeness (QED) is 0.501. The van der Waals surface area contributed by atoms with Crippen LogP contribution in [0.1, 0.15) is 17.3 Å². The van der Waals surface area contributed by atoms with Crippen LogP contribution < -0.4 is 0 Å². The molecule has 0 saturated heterocycles. The summed E-state index contributed by atoms with van der Waals surface area (Å²) >= 11 is 0. The number of esters is 1. The SMILES string of the molecule is CCOC(=O)c1cc([N+](=O)[O-])cc2[nH]ccc12. The standard InChI is InChI=1S/C11H10N2O4/c1-2-17-11(14)9-5-7(13(15)16)6-10-8(9)3-4-12-10/h3-6,12H,2H2,1H3. The summed E-state index contributed by atoms with van der Waals surface area (Å²) in [5.74, 6) is -0.555. The van der Waals surface area contributed by atoms with Gasteiger partial charge >= 0.3 is 5.97 Å². The van der Waals surface area contributed by atoms with E-state index in [1.54, 1.807) is 19.2 Å². The van der Waals surface area contributed by atoms with E-state index >= 15 is 0 Å². The van der Waals surface area contributed by atoms with Crippen LogP contribution in [0.2, 0.25) is 0 Å². The van der Waals surface area contributed by atoms with E-state index in [1.165, 1.54) is 12.1 Å². The van der Waals surface area contributed by atoms with Gasteiger partial charge in [-0.2, -0.15) is 0 Å². The Kier molecular flexibility index (Phi) is 2.78. The van der Waals surface area contributed by atoms with Crippen molar-refractivity contribution in [3.63, 3.8) is 0 Å². The van der Waals surface area contributed by atoms with Crippen LogP contribution in [0.15, 0.2) is 24.4 Å². The molecule has 17 heavy (non-hydrogen) atoms. The number of nitro groups is 1. The second-order valence-corrected chi connectivity index (χ2v) is 3.41. The molecule has 6 heteroatoms. The summed E-state index contributed by atoms with van der Waals surface area (Å²) in [6.07, 6.45) is 1.62. The van der Waals surface area contributed by atoms with Crippen LogP contribution >= 0.6 is 0 Å². The summed E-state index contributed by atoms with van der Waals surface area (Å²) in [6, 6.07) is 4.30. The minimum atomic E-state index is -0.555. The van der Waals surface area contributed by atoms with Crippen LogP contribution in [-0.2, 0) is 4.74 Å². The zero-order valence-corrected chi connectivity index (χ0v) is 9.10. The minimum absolute atomic E-state index is 0.136. The van der Waals surface area contributed by atoms with Gasteiger partial charge in [0.05, 0.1) is 22.6 Å². The molecule has 0 fully saturated rings. The molecule has 2 rings (SSSR count). The molecule has 0 aliphatic carbocycles. The molecule has 1 N–H and O–H groups in total. The molecule has 0 atom stereocenters. The van der Waals surface area contributed by atoms with E-state index in [0.29, 0.717) is 10.9 Å². The lowest BCUT2D eigenvalue weighted by molar-refractivity contribution is -0.384. The molecule has 0 unspecified atom stereocenters. The first-order chi connectivity index (χ1) is 8.13. The van der Waals surface area contributed by atoms with Crippen molar-refractivity contribution in [2.45, 2.75) is 6.92 Å². The highest BCUT2D eigenvalue weighted by Gasteiger charge is 2.17. The lowest BCUT2D eigenvalue weighted by Gasteiger charge is -2.03. The van der Waals surface area contributed by atoms with Gasteiger partial charge in [-0.3, -0.25) is 10.1 Å². The summed E-state index contributed by atoms with van der Waals surface area (Å²) < 4.78 is 4.86. The molecule has 1 aromatic heterocycles. The van der Waals surface area contributed by atoms with Gasteiger partial charge in [0.2, 0.25) is 0 Å². The number of hydrogen-bond donors (Lipinski definition) is 1. The van der Waals surface area contributed by atoms with Crippen molar-refractivity contribution >= 4 is 22.6 Å². The number of benzene rings is 1. The first-order valence-electron chi connectivity index (χ1n) is 5.06. The molecule has 88 valence electrons. The third-order valence-electron chi connectivity index (χ3n) is 2.36. The Balaban J connectivity index is 2.62. The van der Waals surface area contributed by atoms with E-state index in [-0.39, 0.29) is 17.9 Å². The van der Waals surface area contributed by atoms with Gasteiger partial charge in [-0.15, -0.1) is 0 Å². The maximum absolute atomic E-state index is 11.7. The van der Waals surface area contributed by atoms with E-state index in [9.17, 15) is 14.9 Å². The van der Waals surface area contributed by atoms with Crippen LogP contribution in [0.25, 0.3) is 10.9 Å². The Morgan fingerprint density at radius 2 is 2.29 bits per heavy atom. The van der Waals surface area contributed by atoms with Crippen LogP contribution in [0.5, 0.6) is 0 Å². The Morgan fingerprint density at radius 3 is 2.94 bits per heavy atom. The second-order valence-electron chi connectivity index (χ2n) is 3.41. The number of nitro benzene ring substituents is 1. The first kappa shape index (κ1) is 11.1. The Hall–Kier alpha value is -2.37. The fourth-order valence-electron chi connectivity index (χ4n) is 1.63. The molecule has 1 aromatic carbocycles. The first-order valence-corrected chi connectivity index (χ1v) is 5.06. The van der Waals surface area contributed by atoms with Crippen molar-refractivity contribution in [1.29, 1.82) is 0 Å². The third kappa shape index (κ3) is 1.96. The number of fused-ring (bicyclic) bond motifs is 1. The third-order valence-corrected chi connectivity index (χ3v) is 2.36. The highest BCUT2D eigenvalue weighted by Crippen LogP contribution is 2.25. The van der Waals surface area contributed by atoms with Gasteiger partial charge in [0.15, 0.2) is 0 Å². The van der Waals surface area contributed by atoms with Crippen molar-refractivity contribution < 1.29 is 14.5 Å². The van der Waals surface area contributed by atoms with E-state index < -0.39 is 10.9 Å². The highest BCUT2D eigenvalue weighted by molar-refractivity contribution is 6.04. The van der Waals surface area contributed by atoms with Gasteiger partial charge in [-0.25, -0.2) is 4.79 Å². The van der Waals surface area contributed by atoms with E-state index in [0.717, 1.165) is 0 Å². The molecule has 0 amide bonds. The summed E-state index contributed by atoms with van der Waals surface area (Å²) in [5, 5.41) is 11.4. The molecule has 2 aromatic rings. The minimum Gasteiger partial charge on any atom is -0.462 e. The normalized spacial score (nSPS) is 10.4. The Labute approximate surface area is 96.3 Å². The predicted molar refractivity (Wildman–Crippen MR) is 60.9 cm³/mol. The molecule has 0 aliphatic heterocycles. The van der Waals surface area contributed by atoms with E-state index in [1.807, 2.05) is 0 Å². The maximum Gasteiger partial charge on any atom is 0.339 e. The fourth-order valence-corrected chi connectivity index (χ4v) is 1.63. The monoisotopic (exact) mass is 234 g/mol. The van der Waals surface area contributed by atoms with Crippen molar-refractivity contribution in [1.82, 2.24) is 4.98 Å².